The summed E-state index contributed by atoms with van der Waals surface area (Å²) in [4.78, 5) is 7.97. The minimum Gasteiger partial charge on any atom is -0.345 e. The summed E-state index contributed by atoms with van der Waals surface area (Å²) < 4.78 is 0. The maximum Gasteiger partial charge on any atom is 0.110 e. The standard InChI is InChI=1S/C16H18N2/c1-3-8-14-15(18-16(17-14)9-4-2)12-13-10-6-5-7-11-13/h3-7,10-11H,1-2,8-9,12H2,(H,17,18). The molecule has 0 radical (unpaired) electrons. The van der Waals surface area contributed by atoms with Crippen LogP contribution in [0.2, 0.25) is 0 Å². The Morgan fingerprint density at radius 3 is 2.44 bits per heavy atom. The Labute approximate surface area is 108 Å². The highest BCUT2D eigenvalue weighted by atomic mass is 14.9. The predicted octanol–water partition coefficient (Wildman–Crippen LogP) is 3.46. The minimum atomic E-state index is 0.777. The predicted molar refractivity (Wildman–Crippen MR) is 75.6 cm³/mol. The maximum absolute atomic E-state index is 4.59. The van der Waals surface area contributed by atoms with Gasteiger partial charge in [0.25, 0.3) is 0 Å². The second-order valence-corrected chi connectivity index (χ2v) is 4.26. The lowest BCUT2D eigenvalue weighted by molar-refractivity contribution is 1.02. The van der Waals surface area contributed by atoms with Gasteiger partial charge >= 0.3 is 0 Å². The second-order valence-electron chi connectivity index (χ2n) is 4.26. The summed E-state index contributed by atoms with van der Waals surface area (Å²) >= 11 is 0. The number of H-pyrrole nitrogens is 1. The van der Waals surface area contributed by atoms with Crippen LogP contribution < -0.4 is 0 Å². The summed E-state index contributed by atoms with van der Waals surface area (Å²) in [6.07, 6.45) is 6.22. The molecule has 0 atom stereocenters. The van der Waals surface area contributed by atoms with Crippen molar-refractivity contribution in [3.05, 3.63) is 78.4 Å². The van der Waals surface area contributed by atoms with E-state index in [9.17, 15) is 0 Å². The number of benzene rings is 1. The highest BCUT2D eigenvalue weighted by Gasteiger charge is 2.08. The Kier molecular flexibility index (Phi) is 4.13. The Balaban J connectivity index is 2.24. The van der Waals surface area contributed by atoms with Crippen LogP contribution in [0, 0.1) is 0 Å². The van der Waals surface area contributed by atoms with Crippen LogP contribution >= 0.6 is 0 Å². The molecule has 0 spiro atoms. The number of hydrogen-bond acceptors (Lipinski definition) is 1. The van der Waals surface area contributed by atoms with Gasteiger partial charge in [0.1, 0.15) is 5.82 Å². The smallest absolute Gasteiger partial charge is 0.110 e. The molecular weight excluding hydrogens is 220 g/mol. The van der Waals surface area contributed by atoms with Crippen LogP contribution in [0.5, 0.6) is 0 Å². The number of rotatable bonds is 6. The van der Waals surface area contributed by atoms with E-state index in [4.69, 9.17) is 0 Å². The highest BCUT2D eigenvalue weighted by molar-refractivity contribution is 5.26. The molecule has 2 rings (SSSR count). The zero-order valence-electron chi connectivity index (χ0n) is 10.5. The molecular formula is C16H18N2. The molecule has 0 aliphatic heterocycles. The van der Waals surface area contributed by atoms with Crippen molar-refractivity contribution in [1.82, 2.24) is 9.97 Å². The molecule has 0 bridgehead atoms. The summed E-state index contributed by atoms with van der Waals surface area (Å²) in [5.74, 6) is 0.979. The Morgan fingerprint density at radius 1 is 1.06 bits per heavy atom. The second kappa shape index (κ2) is 6.01. The molecule has 1 aromatic carbocycles. The van der Waals surface area contributed by atoms with E-state index < -0.39 is 0 Å². The van der Waals surface area contributed by atoms with Gasteiger partial charge in [-0.2, -0.15) is 0 Å². The van der Waals surface area contributed by atoms with Crippen molar-refractivity contribution in [2.24, 2.45) is 0 Å². The fourth-order valence-corrected chi connectivity index (χ4v) is 1.99. The molecule has 92 valence electrons. The van der Waals surface area contributed by atoms with Crippen LogP contribution in [0.4, 0.5) is 0 Å². The molecule has 0 unspecified atom stereocenters. The molecule has 2 aromatic rings. The van der Waals surface area contributed by atoms with Crippen LogP contribution in [0.3, 0.4) is 0 Å². The molecule has 0 amide bonds. The van der Waals surface area contributed by atoms with E-state index in [1.54, 1.807) is 0 Å². The van der Waals surface area contributed by atoms with E-state index >= 15 is 0 Å². The van der Waals surface area contributed by atoms with Gasteiger partial charge < -0.3 is 4.98 Å². The fraction of sp³-hybridized carbons (Fsp3) is 0.188. The molecule has 0 aliphatic carbocycles. The van der Waals surface area contributed by atoms with Crippen molar-refractivity contribution in [3.8, 4) is 0 Å². The average molecular weight is 238 g/mol. The summed E-state index contributed by atoms with van der Waals surface area (Å²) in [6, 6.07) is 10.4. The number of nitrogens with one attached hydrogen (secondary N) is 1. The third-order valence-corrected chi connectivity index (χ3v) is 2.81. The molecule has 0 aliphatic rings. The van der Waals surface area contributed by atoms with Gasteiger partial charge in [-0.25, -0.2) is 4.98 Å². The van der Waals surface area contributed by atoms with E-state index in [0.29, 0.717) is 0 Å². The lowest BCUT2D eigenvalue weighted by atomic mass is 10.1. The van der Waals surface area contributed by atoms with E-state index in [2.05, 4.69) is 47.4 Å². The Bertz CT molecular complexity index is 523. The van der Waals surface area contributed by atoms with Crippen molar-refractivity contribution < 1.29 is 0 Å². The number of allylic oxidation sites excluding steroid dienone is 2. The zero-order valence-corrected chi connectivity index (χ0v) is 10.5. The summed E-state index contributed by atoms with van der Waals surface area (Å²) in [5, 5.41) is 0. The van der Waals surface area contributed by atoms with Gasteiger partial charge in [-0.1, -0.05) is 42.5 Å². The molecule has 0 fully saturated rings. The number of imidazole rings is 1. The third kappa shape index (κ3) is 2.98. The van der Waals surface area contributed by atoms with Gasteiger partial charge in [-0.3, -0.25) is 0 Å². The SMILES string of the molecule is C=CCc1nc(CC=C)c(Cc2ccccc2)[nH]1. The fourth-order valence-electron chi connectivity index (χ4n) is 1.99. The van der Waals surface area contributed by atoms with Crippen molar-refractivity contribution in [2.75, 3.05) is 0 Å². The van der Waals surface area contributed by atoms with Crippen LogP contribution in [0.1, 0.15) is 22.8 Å². The number of aromatic amines is 1. The molecule has 0 saturated heterocycles. The van der Waals surface area contributed by atoms with E-state index in [-0.39, 0.29) is 0 Å². The Hall–Kier alpha value is -2.09. The molecule has 1 heterocycles. The number of hydrogen-bond donors (Lipinski definition) is 1. The lowest BCUT2D eigenvalue weighted by Gasteiger charge is -2.01. The van der Waals surface area contributed by atoms with E-state index in [1.807, 2.05) is 18.2 Å². The van der Waals surface area contributed by atoms with E-state index in [1.165, 1.54) is 11.3 Å². The van der Waals surface area contributed by atoms with Crippen LogP contribution in [0.25, 0.3) is 0 Å². The molecule has 2 heteroatoms. The van der Waals surface area contributed by atoms with Crippen molar-refractivity contribution in [2.45, 2.75) is 19.3 Å². The lowest BCUT2D eigenvalue weighted by Crippen LogP contribution is -1.93. The van der Waals surface area contributed by atoms with Crippen LogP contribution in [-0.4, -0.2) is 9.97 Å². The molecule has 0 saturated carbocycles. The molecule has 18 heavy (non-hydrogen) atoms. The normalized spacial score (nSPS) is 10.2. The van der Waals surface area contributed by atoms with Gasteiger partial charge in [-0.15, -0.1) is 13.2 Å². The van der Waals surface area contributed by atoms with Gasteiger partial charge in [0.15, 0.2) is 0 Å². The summed E-state index contributed by atoms with van der Waals surface area (Å²) in [6.45, 7) is 7.53. The largest absolute Gasteiger partial charge is 0.345 e. The quantitative estimate of drug-likeness (QED) is 0.767. The van der Waals surface area contributed by atoms with Crippen molar-refractivity contribution in [1.29, 1.82) is 0 Å². The first-order chi connectivity index (χ1) is 8.83. The van der Waals surface area contributed by atoms with Gasteiger partial charge in [0.05, 0.1) is 5.69 Å². The molecule has 1 N–H and O–H groups in total. The van der Waals surface area contributed by atoms with Gasteiger partial charge in [-0.05, 0) is 5.56 Å². The monoisotopic (exact) mass is 238 g/mol. The molecule has 1 aromatic heterocycles. The van der Waals surface area contributed by atoms with Crippen LogP contribution in [-0.2, 0) is 19.3 Å². The van der Waals surface area contributed by atoms with Crippen molar-refractivity contribution >= 4 is 0 Å². The number of aromatic nitrogens is 2. The maximum atomic E-state index is 4.59. The van der Waals surface area contributed by atoms with E-state index in [0.717, 1.165) is 30.8 Å². The minimum absolute atomic E-state index is 0.777. The first-order valence-corrected chi connectivity index (χ1v) is 6.16. The topological polar surface area (TPSA) is 28.7 Å². The summed E-state index contributed by atoms with van der Waals surface area (Å²) in [7, 11) is 0. The summed E-state index contributed by atoms with van der Waals surface area (Å²) in [5.41, 5.74) is 3.56. The number of nitrogens with zero attached hydrogens (tertiary/aromatic N) is 1. The van der Waals surface area contributed by atoms with Crippen LogP contribution in [0.15, 0.2) is 55.6 Å². The van der Waals surface area contributed by atoms with Crippen molar-refractivity contribution in [3.63, 3.8) is 0 Å². The highest BCUT2D eigenvalue weighted by Crippen LogP contribution is 2.14. The first-order valence-electron chi connectivity index (χ1n) is 6.16. The van der Waals surface area contributed by atoms with Gasteiger partial charge in [0, 0.05) is 25.0 Å². The zero-order chi connectivity index (χ0) is 12.8. The Morgan fingerprint density at radius 2 is 1.78 bits per heavy atom. The van der Waals surface area contributed by atoms with Gasteiger partial charge in [0.2, 0.25) is 0 Å². The first kappa shape index (κ1) is 12.4. The molecule has 2 nitrogen and oxygen atoms in total. The third-order valence-electron chi connectivity index (χ3n) is 2.81. The average Bonchev–Trinajstić information content (AvgIpc) is 2.74.